The van der Waals surface area contributed by atoms with E-state index in [0.717, 1.165) is 65.5 Å². The lowest BCUT2D eigenvalue weighted by Crippen LogP contribution is -2.47. The first-order valence-corrected chi connectivity index (χ1v) is 15.2. The quantitative estimate of drug-likeness (QED) is 0.250. The predicted octanol–water partition coefficient (Wildman–Crippen LogP) is 5.41. The van der Waals surface area contributed by atoms with Crippen molar-refractivity contribution in [2.24, 2.45) is 0 Å². The molecule has 7 nitrogen and oxygen atoms in total. The highest BCUT2D eigenvalue weighted by Crippen LogP contribution is 2.42. The Kier molecular flexibility index (Phi) is 9.64. The average Bonchev–Trinajstić information content (AvgIpc) is 2.98. The van der Waals surface area contributed by atoms with Gasteiger partial charge in [0, 0.05) is 43.3 Å². The van der Waals surface area contributed by atoms with Crippen molar-refractivity contribution in [1.82, 2.24) is 10.2 Å². The van der Waals surface area contributed by atoms with Gasteiger partial charge in [0.15, 0.2) is 0 Å². The lowest BCUT2D eigenvalue weighted by molar-refractivity contribution is -0.122. The smallest absolute Gasteiger partial charge is 0.265 e. The van der Waals surface area contributed by atoms with Crippen molar-refractivity contribution in [3.8, 4) is 5.75 Å². The van der Waals surface area contributed by atoms with Crippen LogP contribution in [0.15, 0.2) is 81.0 Å². The first kappa shape index (κ1) is 29.2. The van der Waals surface area contributed by atoms with Gasteiger partial charge in [-0.1, -0.05) is 30.0 Å². The molecule has 2 heterocycles. The fourth-order valence-corrected chi connectivity index (χ4v) is 6.57. The maximum absolute atomic E-state index is 13.5. The molecule has 10 heteroatoms. The highest BCUT2D eigenvalue weighted by atomic mass is 79.9. The number of anilines is 2. The van der Waals surface area contributed by atoms with E-state index in [9.17, 15) is 14.0 Å². The summed E-state index contributed by atoms with van der Waals surface area (Å²) >= 11 is 4.91. The SMILES string of the molecule is COc1ccc(/C=C2/Sc3ccccc3N(CC(=O)NCCCN3CCN(c4ccc(F)cc4)CC3)C2=O)cc1Br. The number of piperazine rings is 1. The molecule has 214 valence electrons. The molecule has 3 aromatic carbocycles. The number of rotatable bonds is 9. The molecule has 0 aliphatic carbocycles. The van der Waals surface area contributed by atoms with E-state index in [2.05, 4.69) is 31.0 Å². The van der Waals surface area contributed by atoms with Crippen molar-refractivity contribution in [3.05, 3.63) is 87.5 Å². The number of nitrogens with zero attached hydrogens (tertiary/aromatic N) is 3. The molecule has 0 atom stereocenters. The van der Waals surface area contributed by atoms with Gasteiger partial charge in [-0.3, -0.25) is 19.4 Å². The molecule has 0 unspecified atom stereocenters. The number of benzene rings is 3. The molecule has 5 rings (SSSR count). The Bertz CT molecular complexity index is 1430. The minimum atomic E-state index is -0.221. The third-order valence-corrected chi connectivity index (χ3v) is 8.84. The number of nitrogens with one attached hydrogen (secondary N) is 1. The minimum absolute atomic E-state index is 0.0452. The van der Waals surface area contributed by atoms with Crippen LogP contribution in [-0.2, 0) is 9.59 Å². The van der Waals surface area contributed by atoms with Crippen molar-refractivity contribution >= 4 is 57.0 Å². The number of thioether (sulfide) groups is 1. The first-order valence-electron chi connectivity index (χ1n) is 13.5. The van der Waals surface area contributed by atoms with Crippen LogP contribution in [0.2, 0.25) is 0 Å². The van der Waals surface area contributed by atoms with Gasteiger partial charge in [0.25, 0.3) is 5.91 Å². The van der Waals surface area contributed by atoms with Crippen molar-refractivity contribution in [2.45, 2.75) is 11.3 Å². The Labute approximate surface area is 252 Å². The van der Waals surface area contributed by atoms with Crippen LogP contribution in [0.1, 0.15) is 12.0 Å². The summed E-state index contributed by atoms with van der Waals surface area (Å²) in [5.74, 6) is 0.106. The van der Waals surface area contributed by atoms with Gasteiger partial charge < -0.3 is 15.0 Å². The Morgan fingerprint density at radius 2 is 1.83 bits per heavy atom. The zero-order valence-electron chi connectivity index (χ0n) is 22.8. The summed E-state index contributed by atoms with van der Waals surface area (Å²) in [6, 6.07) is 19.9. The summed E-state index contributed by atoms with van der Waals surface area (Å²) < 4.78 is 19.3. The van der Waals surface area contributed by atoms with Crippen molar-refractivity contribution in [1.29, 1.82) is 0 Å². The van der Waals surface area contributed by atoms with E-state index >= 15 is 0 Å². The van der Waals surface area contributed by atoms with Crippen LogP contribution >= 0.6 is 27.7 Å². The van der Waals surface area contributed by atoms with Crippen molar-refractivity contribution in [3.63, 3.8) is 0 Å². The largest absolute Gasteiger partial charge is 0.496 e. The molecular weight excluding hydrogens is 607 g/mol. The predicted molar refractivity (Wildman–Crippen MR) is 166 cm³/mol. The van der Waals surface area contributed by atoms with Gasteiger partial charge >= 0.3 is 0 Å². The minimum Gasteiger partial charge on any atom is -0.496 e. The Morgan fingerprint density at radius 3 is 2.56 bits per heavy atom. The number of hydrogen-bond acceptors (Lipinski definition) is 6. The molecule has 0 radical (unpaired) electrons. The highest BCUT2D eigenvalue weighted by molar-refractivity contribution is 9.10. The average molecular weight is 640 g/mol. The first-order chi connectivity index (χ1) is 19.9. The zero-order valence-corrected chi connectivity index (χ0v) is 25.2. The van der Waals surface area contributed by atoms with Crippen molar-refractivity contribution < 1.29 is 18.7 Å². The Hall–Kier alpha value is -3.34. The van der Waals surface area contributed by atoms with Crippen LogP contribution in [0.4, 0.5) is 15.8 Å². The second-order valence-electron chi connectivity index (χ2n) is 9.87. The summed E-state index contributed by atoms with van der Waals surface area (Å²) in [6.45, 7) is 4.98. The highest BCUT2D eigenvalue weighted by Gasteiger charge is 2.30. The third-order valence-electron chi connectivity index (χ3n) is 7.14. The van der Waals surface area contributed by atoms with Gasteiger partial charge in [0.1, 0.15) is 18.1 Å². The molecule has 41 heavy (non-hydrogen) atoms. The second kappa shape index (κ2) is 13.5. The molecule has 2 aliphatic rings. The van der Waals surface area contributed by atoms with Gasteiger partial charge in [-0.05, 0) is 89.1 Å². The van der Waals surface area contributed by atoms with Gasteiger partial charge in [0.05, 0.1) is 22.2 Å². The number of fused-ring (bicyclic) bond motifs is 1. The molecule has 0 spiro atoms. The monoisotopic (exact) mass is 638 g/mol. The van der Waals surface area contributed by atoms with E-state index in [4.69, 9.17) is 4.74 Å². The second-order valence-corrected chi connectivity index (χ2v) is 11.8. The van der Waals surface area contributed by atoms with E-state index in [-0.39, 0.29) is 24.2 Å². The fourth-order valence-electron chi connectivity index (χ4n) is 4.95. The van der Waals surface area contributed by atoms with Gasteiger partial charge in [-0.15, -0.1) is 0 Å². The lowest BCUT2D eigenvalue weighted by atomic mass is 10.2. The van der Waals surface area contributed by atoms with Gasteiger partial charge in [-0.2, -0.15) is 0 Å². The molecule has 1 fully saturated rings. The molecule has 0 bridgehead atoms. The normalized spacial score (nSPS) is 16.6. The van der Waals surface area contributed by atoms with Crippen LogP contribution in [0.5, 0.6) is 5.75 Å². The van der Waals surface area contributed by atoms with Crippen LogP contribution in [0.3, 0.4) is 0 Å². The summed E-state index contributed by atoms with van der Waals surface area (Å²) in [5, 5.41) is 2.99. The summed E-state index contributed by atoms with van der Waals surface area (Å²) in [7, 11) is 1.61. The number of halogens is 2. The molecule has 3 aromatic rings. The third kappa shape index (κ3) is 7.30. The summed E-state index contributed by atoms with van der Waals surface area (Å²) in [6.07, 6.45) is 2.66. The Balaban J connectivity index is 1.13. The molecule has 0 saturated carbocycles. The topological polar surface area (TPSA) is 65.1 Å². The van der Waals surface area contributed by atoms with E-state index in [1.807, 2.05) is 60.7 Å². The maximum atomic E-state index is 13.5. The molecule has 1 N–H and O–H groups in total. The van der Waals surface area contributed by atoms with Crippen LogP contribution in [0.25, 0.3) is 6.08 Å². The number of ether oxygens (including phenoxy) is 1. The molecule has 0 aromatic heterocycles. The maximum Gasteiger partial charge on any atom is 0.265 e. The van der Waals surface area contributed by atoms with E-state index in [1.165, 1.54) is 23.9 Å². The number of hydrogen-bond donors (Lipinski definition) is 1. The van der Waals surface area contributed by atoms with Gasteiger partial charge in [0.2, 0.25) is 5.91 Å². The summed E-state index contributed by atoms with van der Waals surface area (Å²) in [4.78, 5) is 34.1. The van der Waals surface area contributed by atoms with E-state index in [1.54, 1.807) is 12.0 Å². The van der Waals surface area contributed by atoms with Crippen LogP contribution in [0, 0.1) is 5.82 Å². The number of methoxy groups -OCH3 is 1. The Morgan fingerprint density at radius 1 is 1.07 bits per heavy atom. The van der Waals surface area contributed by atoms with Crippen molar-refractivity contribution in [2.75, 3.05) is 62.7 Å². The van der Waals surface area contributed by atoms with E-state index < -0.39 is 0 Å². The van der Waals surface area contributed by atoms with E-state index in [0.29, 0.717) is 17.2 Å². The van der Waals surface area contributed by atoms with Crippen LogP contribution in [-0.4, -0.2) is 69.6 Å². The lowest BCUT2D eigenvalue weighted by Gasteiger charge is -2.36. The number of carbonyl (C=O) groups excluding carboxylic acids is 2. The number of carbonyl (C=O) groups is 2. The molecule has 2 aliphatic heterocycles. The standard InChI is InChI=1S/C31H32BrFN4O3S/c1-40-27-12-7-22(19-25(27)32)20-29-31(39)37(26-5-2-3-6-28(26)41-29)21-30(38)34-13-4-14-35-15-17-36(18-16-35)24-10-8-23(33)9-11-24/h2-3,5-12,19-20H,4,13-18,21H2,1H3,(H,34,38)/b29-20+. The number of para-hydroxylation sites is 1. The van der Waals surface area contributed by atoms with Crippen LogP contribution < -0.4 is 19.9 Å². The molecular formula is C31H32BrFN4O3S. The van der Waals surface area contributed by atoms with Gasteiger partial charge in [-0.25, -0.2) is 4.39 Å². The fraction of sp³-hybridized carbons (Fsp3) is 0.290. The summed E-state index contributed by atoms with van der Waals surface area (Å²) in [5.41, 5.74) is 2.64. The zero-order chi connectivity index (χ0) is 28.8. The number of amides is 2. The molecule has 1 saturated heterocycles. The molecule has 2 amide bonds.